The molecule has 148 valence electrons. The van der Waals surface area contributed by atoms with Crippen LogP contribution in [0.15, 0.2) is 51.0 Å². The van der Waals surface area contributed by atoms with E-state index in [1.54, 1.807) is 35.6 Å². The number of hydrogen-bond acceptors (Lipinski definition) is 4. The smallest absolute Gasteiger partial charge is 0.240 e. The normalized spacial score (nSPS) is 13.4. The van der Waals surface area contributed by atoms with Crippen molar-refractivity contribution in [3.63, 3.8) is 0 Å². The topological polar surface area (TPSA) is 82.6 Å². The van der Waals surface area contributed by atoms with Crippen LogP contribution in [0.25, 0.3) is 0 Å². The molecule has 0 saturated carbocycles. The lowest BCUT2D eigenvalue weighted by atomic mass is 10.1. The molecule has 1 unspecified atom stereocenters. The predicted octanol–water partition coefficient (Wildman–Crippen LogP) is 2.69. The minimum Gasteiger partial charge on any atom is -0.357 e. The zero-order valence-electron chi connectivity index (χ0n) is 16.0. The molecule has 27 heavy (non-hydrogen) atoms. The standard InChI is InChI=1S/C19H28N4O2S2/c1-4-20-19(22-13-16(3)17-9-12-26-14-17)21-10-11-23-27(24,25)18-7-5-15(2)6-8-18/h5-9,12,14,16,23H,4,10-11,13H2,1-3H3,(H2,20,21,22). The largest absolute Gasteiger partial charge is 0.357 e. The highest BCUT2D eigenvalue weighted by Gasteiger charge is 2.12. The summed E-state index contributed by atoms with van der Waals surface area (Å²) in [5.74, 6) is 1.03. The molecule has 2 aromatic rings. The van der Waals surface area contributed by atoms with E-state index in [1.165, 1.54) is 5.56 Å². The van der Waals surface area contributed by atoms with Crippen LogP contribution in [-0.2, 0) is 10.0 Å². The van der Waals surface area contributed by atoms with Gasteiger partial charge in [-0.3, -0.25) is 4.99 Å². The van der Waals surface area contributed by atoms with Gasteiger partial charge in [-0.15, -0.1) is 0 Å². The molecule has 1 heterocycles. The molecule has 0 aliphatic rings. The molecular weight excluding hydrogens is 380 g/mol. The average molecular weight is 409 g/mol. The Bertz CT molecular complexity index is 816. The first-order chi connectivity index (χ1) is 12.9. The fourth-order valence-electron chi connectivity index (χ4n) is 2.40. The number of hydrogen-bond donors (Lipinski definition) is 3. The molecule has 2 rings (SSSR count). The molecule has 0 aliphatic heterocycles. The van der Waals surface area contributed by atoms with Gasteiger partial charge in [-0.2, -0.15) is 11.3 Å². The van der Waals surface area contributed by atoms with Crippen molar-refractivity contribution in [1.82, 2.24) is 15.4 Å². The second-order valence-electron chi connectivity index (χ2n) is 6.31. The van der Waals surface area contributed by atoms with E-state index in [1.807, 2.05) is 13.8 Å². The number of aryl methyl sites for hydroxylation is 1. The van der Waals surface area contributed by atoms with Crippen LogP contribution >= 0.6 is 11.3 Å². The third-order valence-corrected chi connectivity index (χ3v) is 6.20. The van der Waals surface area contributed by atoms with Gasteiger partial charge in [0.1, 0.15) is 0 Å². The Kier molecular flexibility index (Phi) is 8.27. The number of nitrogens with one attached hydrogen (secondary N) is 3. The molecule has 6 nitrogen and oxygen atoms in total. The number of aliphatic imine (C=N–C) groups is 1. The molecule has 3 N–H and O–H groups in total. The molecule has 0 radical (unpaired) electrons. The van der Waals surface area contributed by atoms with E-state index in [-0.39, 0.29) is 11.4 Å². The van der Waals surface area contributed by atoms with E-state index in [0.29, 0.717) is 25.0 Å². The Hall–Kier alpha value is -1.90. The highest BCUT2D eigenvalue weighted by atomic mass is 32.2. The molecule has 0 amide bonds. The maximum absolute atomic E-state index is 12.3. The maximum Gasteiger partial charge on any atom is 0.240 e. The lowest BCUT2D eigenvalue weighted by Gasteiger charge is -2.13. The van der Waals surface area contributed by atoms with Crippen molar-refractivity contribution in [2.24, 2.45) is 4.99 Å². The summed E-state index contributed by atoms with van der Waals surface area (Å²) >= 11 is 1.69. The zero-order valence-corrected chi connectivity index (χ0v) is 17.7. The van der Waals surface area contributed by atoms with Crippen LogP contribution in [0.5, 0.6) is 0 Å². The van der Waals surface area contributed by atoms with Crippen molar-refractivity contribution in [2.75, 3.05) is 26.2 Å². The van der Waals surface area contributed by atoms with Gasteiger partial charge >= 0.3 is 0 Å². The minimum atomic E-state index is -3.49. The molecule has 1 aromatic heterocycles. The lowest BCUT2D eigenvalue weighted by Crippen LogP contribution is -2.41. The zero-order chi connectivity index (χ0) is 19.7. The number of sulfonamides is 1. The molecule has 1 atom stereocenters. The lowest BCUT2D eigenvalue weighted by molar-refractivity contribution is 0.580. The van der Waals surface area contributed by atoms with Gasteiger partial charge < -0.3 is 10.6 Å². The molecule has 0 spiro atoms. The number of guanidine groups is 1. The molecular formula is C19H28N4O2S2. The number of rotatable bonds is 9. The van der Waals surface area contributed by atoms with Gasteiger partial charge in [0.15, 0.2) is 5.96 Å². The first-order valence-corrected chi connectivity index (χ1v) is 11.5. The summed E-state index contributed by atoms with van der Waals surface area (Å²) in [4.78, 5) is 4.87. The minimum absolute atomic E-state index is 0.276. The molecule has 0 fully saturated rings. The summed E-state index contributed by atoms with van der Waals surface area (Å²) in [5, 5.41) is 10.6. The van der Waals surface area contributed by atoms with Gasteiger partial charge in [0, 0.05) is 32.1 Å². The third-order valence-electron chi connectivity index (χ3n) is 4.02. The number of nitrogens with zero attached hydrogens (tertiary/aromatic N) is 1. The number of benzene rings is 1. The Morgan fingerprint density at radius 3 is 2.52 bits per heavy atom. The van der Waals surface area contributed by atoms with Crippen molar-refractivity contribution in [3.8, 4) is 0 Å². The summed E-state index contributed by atoms with van der Waals surface area (Å²) in [6.07, 6.45) is 0. The highest BCUT2D eigenvalue weighted by Crippen LogP contribution is 2.18. The van der Waals surface area contributed by atoms with Crippen molar-refractivity contribution in [1.29, 1.82) is 0 Å². The van der Waals surface area contributed by atoms with Crippen LogP contribution in [0, 0.1) is 6.92 Å². The third kappa shape index (κ3) is 6.97. The highest BCUT2D eigenvalue weighted by molar-refractivity contribution is 7.89. The second kappa shape index (κ2) is 10.4. The van der Waals surface area contributed by atoms with Crippen LogP contribution in [0.4, 0.5) is 0 Å². The Morgan fingerprint density at radius 1 is 1.15 bits per heavy atom. The average Bonchev–Trinajstić information content (AvgIpc) is 3.18. The van der Waals surface area contributed by atoms with E-state index in [0.717, 1.165) is 12.1 Å². The van der Waals surface area contributed by atoms with Gasteiger partial charge in [0.05, 0.1) is 4.90 Å². The van der Waals surface area contributed by atoms with Gasteiger partial charge in [-0.25, -0.2) is 13.1 Å². The predicted molar refractivity (Wildman–Crippen MR) is 113 cm³/mol. The summed E-state index contributed by atoms with van der Waals surface area (Å²) in [5.41, 5.74) is 2.31. The van der Waals surface area contributed by atoms with Crippen LogP contribution in [0.2, 0.25) is 0 Å². The molecule has 0 aliphatic carbocycles. The van der Waals surface area contributed by atoms with Gasteiger partial charge in [-0.1, -0.05) is 24.6 Å². The maximum atomic E-state index is 12.3. The van der Waals surface area contributed by atoms with Crippen molar-refractivity contribution in [2.45, 2.75) is 31.6 Å². The van der Waals surface area contributed by atoms with E-state index in [9.17, 15) is 8.42 Å². The van der Waals surface area contributed by atoms with Crippen molar-refractivity contribution >= 4 is 27.3 Å². The van der Waals surface area contributed by atoms with Crippen molar-refractivity contribution < 1.29 is 8.42 Å². The molecule has 8 heteroatoms. The van der Waals surface area contributed by atoms with E-state index >= 15 is 0 Å². The second-order valence-corrected chi connectivity index (χ2v) is 8.86. The van der Waals surface area contributed by atoms with E-state index in [4.69, 9.17) is 0 Å². The summed E-state index contributed by atoms with van der Waals surface area (Å²) in [6.45, 7) is 8.21. The molecule has 1 aromatic carbocycles. The fraction of sp³-hybridized carbons (Fsp3) is 0.421. The fourth-order valence-corrected chi connectivity index (χ4v) is 4.21. The van der Waals surface area contributed by atoms with Crippen LogP contribution in [-0.4, -0.2) is 40.6 Å². The Balaban J connectivity index is 1.83. The summed E-state index contributed by atoms with van der Waals surface area (Å²) in [7, 11) is -3.49. The van der Waals surface area contributed by atoms with Gasteiger partial charge in [0.2, 0.25) is 10.0 Å². The Morgan fingerprint density at radius 2 is 1.89 bits per heavy atom. The van der Waals surface area contributed by atoms with Crippen LogP contribution in [0.1, 0.15) is 30.9 Å². The molecule has 0 bridgehead atoms. The Labute approximate surface area is 166 Å². The molecule has 0 saturated heterocycles. The van der Waals surface area contributed by atoms with Crippen molar-refractivity contribution in [3.05, 3.63) is 52.2 Å². The van der Waals surface area contributed by atoms with Gasteiger partial charge in [-0.05, 0) is 48.4 Å². The quantitative estimate of drug-likeness (QED) is 0.338. The summed E-state index contributed by atoms with van der Waals surface area (Å²) in [6, 6.07) is 8.92. The summed E-state index contributed by atoms with van der Waals surface area (Å²) < 4.78 is 27.2. The SMILES string of the molecule is CCNC(=NCC(C)c1ccsc1)NCCNS(=O)(=O)c1ccc(C)cc1. The first kappa shape index (κ1) is 21.4. The van der Waals surface area contributed by atoms with Gasteiger partial charge in [0.25, 0.3) is 0 Å². The number of thiophene rings is 1. The van der Waals surface area contributed by atoms with Crippen LogP contribution in [0.3, 0.4) is 0 Å². The van der Waals surface area contributed by atoms with E-state index in [2.05, 4.69) is 44.1 Å². The monoisotopic (exact) mass is 408 g/mol. The first-order valence-electron chi connectivity index (χ1n) is 9.03. The van der Waals surface area contributed by atoms with E-state index < -0.39 is 10.0 Å². The van der Waals surface area contributed by atoms with Crippen LogP contribution < -0.4 is 15.4 Å².